The van der Waals surface area contributed by atoms with E-state index in [2.05, 4.69) is 26.2 Å². The van der Waals surface area contributed by atoms with Gasteiger partial charge in [0.1, 0.15) is 5.54 Å². The summed E-state index contributed by atoms with van der Waals surface area (Å²) in [5, 5.41) is 3.46. The Kier molecular flexibility index (Phi) is 8.16. The van der Waals surface area contributed by atoms with Crippen LogP contribution < -0.4 is 10.2 Å². The van der Waals surface area contributed by atoms with Crippen molar-refractivity contribution in [2.24, 2.45) is 0 Å². The van der Waals surface area contributed by atoms with Crippen molar-refractivity contribution in [3.63, 3.8) is 0 Å². The lowest BCUT2D eigenvalue weighted by Gasteiger charge is -2.36. The second-order valence-electron chi connectivity index (χ2n) is 11.6. The molecule has 2 aliphatic rings. The van der Waals surface area contributed by atoms with Crippen molar-refractivity contribution < 1.29 is 18.0 Å². The Hall–Kier alpha value is -2.64. The van der Waals surface area contributed by atoms with Crippen LogP contribution in [-0.2, 0) is 26.8 Å². The van der Waals surface area contributed by atoms with E-state index < -0.39 is 21.1 Å². The molecule has 2 aliphatic heterocycles. The summed E-state index contributed by atoms with van der Waals surface area (Å²) in [6.45, 7) is 8.03. The number of carbonyl (C=O) groups excluding carboxylic acids is 2. The fourth-order valence-electron chi connectivity index (χ4n) is 5.28. The molecule has 3 amide bonds. The third kappa shape index (κ3) is 5.79. The number of nitrogens with one attached hydrogen (secondary N) is 1. The minimum Gasteiger partial charge on any atom is -0.333 e. The van der Waals surface area contributed by atoms with Crippen LogP contribution in [0.25, 0.3) is 0 Å². The molecule has 1 fully saturated rings. The number of carbonyl (C=O) groups is 2. The highest BCUT2D eigenvalue weighted by atomic mass is 79.9. The average Bonchev–Trinajstić information content (AvgIpc) is 3.42. The van der Waals surface area contributed by atoms with Crippen LogP contribution in [0.1, 0.15) is 33.3 Å². The van der Waals surface area contributed by atoms with Crippen LogP contribution >= 0.6 is 39.1 Å². The minimum atomic E-state index is -4.11. The molecular weight excluding hydrogens is 667 g/mol. The molecule has 1 unspecified atom stereocenters. The van der Waals surface area contributed by atoms with Crippen molar-refractivity contribution >= 4 is 72.7 Å². The van der Waals surface area contributed by atoms with Gasteiger partial charge in [0.2, 0.25) is 5.95 Å². The minimum absolute atomic E-state index is 0.103. The van der Waals surface area contributed by atoms with E-state index in [1.807, 2.05) is 45.0 Å². The molecule has 0 aliphatic carbocycles. The van der Waals surface area contributed by atoms with Gasteiger partial charge < -0.3 is 10.2 Å². The summed E-state index contributed by atoms with van der Waals surface area (Å²) in [5.41, 5.74) is -0.540. The highest BCUT2D eigenvalue weighted by Crippen LogP contribution is 2.45. The molecule has 0 spiro atoms. The number of nitrogens with zero attached hydrogens (tertiary/aromatic N) is 5. The molecule has 5 rings (SSSR count). The van der Waals surface area contributed by atoms with Gasteiger partial charge in [0.15, 0.2) is 5.03 Å². The lowest BCUT2D eigenvalue weighted by molar-refractivity contribution is -0.124. The Balaban J connectivity index is 1.53. The monoisotopic (exact) mass is 696 g/mol. The van der Waals surface area contributed by atoms with Gasteiger partial charge in [-0.3, -0.25) is 9.36 Å². The first-order valence-corrected chi connectivity index (χ1v) is 16.3. The van der Waals surface area contributed by atoms with Gasteiger partial charge in [-0.1, -0.05) is 51.3 Å². The molecule has 3 heterocycles. The lowest BCUT2D eigenvalue weighted by Crippen LogP contribution is -2.56. The van der Waals surface area contributed by atoms with Crippen LogP contribution in [0.3, 0.4) is 0 Å². The smallest absolute Gasteiger partial charge is 0.317 e. The molecule has 1 aromatic heterocycles. The molecule has 1 saturated heterocycles. The van der Waals surface area contributed by atoms with Gasteiger partial charge in [0.05, 0.1) is 11.9 Å². The van der Waals surface area contributed by atoms with Gasteiger partial charge >= 0.3 is 6.03 Å². The molecular formula is C28H31BrCl2N6O4S. The standard InChI is InChI=1S/C28H31BrCl2N6O4S/c1-27(2,3)33-26(39)34-9-11-35(12-10-34)42(40,41)23-17-32-25-36(22-14-20(30)13-21(31)15-22)24(38)28(4,37(23)25)16-18-5-7-19(29)8-6-18/h5-8,13-15,17H,9-12,16H2,1-4H3,(H,33,39). The van der Waals surface area contributed by atoms with E-state index >= 15 is 0 Å². The summed E-state index contributed by atoms with van der Waals surface area (Å²) in [6, 6.07) is 12.0. The number of sulfonamides is 1. The number of fused-ring (bicyclic) bond motifs is 1. The number of aromatic nitrogens is 2. The zero-order valence-corrected chi connectivity index (χ0v) is 27.5. The number of hydrogen-bond donors (Lipinski definition) is 1. The first kappa shape index (κ1) is 30.8. The second kappa shape index (κ2) is 11.1. The van der Waals surface area contributed by atoms with Crippen molar-refractivity contribution in [2.45, 2.75) is 50.2 Å². The Morgan fingerprint density at radius 3 is 2.21 bits per heavy atom. The van der Waals surface area contributed by atoms with Crippen LogP contribution in [0.2, 0.25) is 10.0 Å². The summed E-state index contributed by atoms with van der Waals surface area (Å²) >= 11 is 16.0. The summed E-state index contributed by atoms with van der Waals surface area (Å²) in [6.07, 6.45) is 1.49. The summed E-state index contributed by atoms with van der Waals surface area (Å²) in [4.78, 5) is 34.3. The van der Waals surface area contributed by atoms with Crippen LogP contribution in [0.15, 0.2) is 58.2 Å². The highest BCUT2D eigenvalue weighted by Gasteiger charge is 2.52. The van der Waals surface area contributed by atoms with E-state index in [1.165, 1.54) is 20.0 Å². The summed E-state index contributed by atoms with van der Waals surface area (Å²) < 4.78 is 32.0. The number of imidazole rings is 1. The van der Waals surface area contributed by atoms with E-state index in [4.69, 9.17) is 23.2 Å². The van der Waals surface area contributed by atoms with Gasteiger partial charge in [-0.25, -0.2) is 23.1 Å². The Bertz CT molecular complexity index is 1630. The largest absolute Gasteiger partial charge is 0.333 e. The van der Waals surface area contributed by atoms with Crippen molar-refractivity contribution in [3.05, 3.63) is 68.7 Å². The molecule has 0 bridgehead atoms. The number of urea groups is 1. The maximum absolute atomic E-state index is 14.2. The molecule has 1 atom stereocenters. The molecule has 14 heteroatoms. The van der Waals surface area contributed by atoms with Gasteiger partial charge in [-0.05, 0) is 63.6 Å². The maximum atomic E-state index is 14.2. The van der Waals surface area contributed by atoms with Crippen LogP contribution in [-0.4, -0.2) is 70.8 Å². The second-order valence-corrected chi connectivity index (χ2v) is 15.3. The predicted octanol–water partition coefficient (Wildman–Crippen LogP) is 5.40. The van der Waals surface area contributed by atoms with Crippen LogP contribution in [0.5, 0.6) is 0 Å². The number of anilines is 2. The Morgan fingerprint density at radius 1 is 1.05 bits per heavy atom. The number of amides is 3. The quantitative estimate of drug-likeness (QED) is 0.384. The topological polar surface area (TPSA) is 108 Å². The number of hydrogen-bond acceptors (Lipinski definition) is 5. The molecule has 3 aromatic rings. The van der Waals surface area contributed by atoms with Gasteiger partial charge in [-0.2, -0.15) is 4.31 Å². The molecule has 2 aromatic carbocycles. The van der Waals surface area contributed by atoms with E-state index in [0.717, 1.165) is 10.0 Å². The van der Waals surface area contributed by atoms with E-state index in [-0.39, 0.29) is 55.5 Å². The Labute approximate surface area is 263 Å². The molecule has 224 valence electrons. The SMILES string of the molecule is CC(C)(C)NC(=O)N1CCN(S(=O)(=O)c2cnc3n2C(C)(Cc2ccc(Br)cc2)C(=O)N3c2cc(Cl)cc(Cl)c2)CC1. The molecule has 0 radical (unpaired) electrons. The van der Waals surface area contributed by atoms with Crippen LogP contribution in [0.4, 0.5) is 16.4 Å². The average molecular weight is 698 g/mol. The zero-order valence-electron chi connectivity index (χ0n) is 23.6. The number of rotatable bonds is 5. The first-order chi connectivity index (χ1) is 19.6. The normalized spacial score (nSPS) is 19.7. The van der Waals surface area contributed by atoms with Gasteiger partial charge in [-0.15, -0.1) is 0 Å². The third-order valence-electron chi connectivity index (χ3n) is 7.25. The number of halogens is 3. The molecule has 0 saturated carbocycles. The molecule has 10 nitrogen and oxygen atoms in total. The summed E-state index contributed by atoms with van der Waals surface area (Å²) in [7, 11) is -4.11. The van der Waals surface area contributed by atoms with Gasteiger partial charge in [0.25, 0.3) is 15.9 Å². The van der Waals surface area contributed by atoms with E-state index in [0.29, 0.717) is 15.7 Å². The van der Waals surface area contributed by atoms with Crippen LogP contribution in [0, 0.1) is 0 Å². The fraction of sp³-hybridized carbons (Fsp3) is 0.393. The molecule has 1 N–H and O–H groups in total. The van der Waals surface area contributed by atoms with E-state index in [1.54, 1.807) is 30.0 Å². The predicted molar refractivity (Wildman–Crippen MR) is 166 cm³/mol. The zero-order chi connectivity index (χ0) is 30.6. The maximum Gasteiger partial charge on any atom is 0.317 e. The van der Waals surface area contributed by atoms with E-state index in [9.17, 15) is 18.0 Å². The first-order valence-electron chi connectivity index (χ1n) is 13.3. The number of piperazine rings is 1. The van der Waals surface area contributed by atoms with Crippen molar-refractivity contribution in [2.75, 3.05) is 31.1 Å². The van der Waals surface area contributed by atoms with Crippen molar-refractivity contribution in [1.29, 1.82) is 0 Å². The molecule has 42 heavy (non-hydrogen) atoms. The van der Waals surface area contributed by atoms with Gasteiger partial charge in [0, 0.05) is 52.7 Å². The fourth-order valence-corrected chi connectivity index (χ4v) is 7.66. The summed E-state index contributed by atoms with van der Waals surface area (Å²) in [5.74, 6) is -0.216. The highest BCUT2D eigenvalue weighted by molar-refractivity contribution is 9.10. The van der Waals surface area contributed by atoms with Crippen molar-refractivity contribution in [1.82, 2.24) is 24.1 Å². The number of benzene rings is 2. The Morgan fingerprint density at radius 2 is 1.64 bits per heavy atom. The van der Waals surface area contributed by atoms with Crippen molar-refractivity contribution in [3.8, 4) is 0 Å². The lowest BCUT2D eigenvalue weighted by atomic mass is 9.92. The third-order valence-corrected chi connectivity index (χ3v) is 10.1.